The molecule has 1 aliphatic carbocycles. The van der Waals surface area contributed by atoms with Gasteiger partial charge < -0.3 is 19.9 Å². The van der Waals surface area contributed by atoms with Gasteiger partial charge >= 0.3 is 0 Å². The van der Waals surface area contributed by atoms with E-state index in [4.69, 9.17) is 9.47 Å². The van der Waals surface area contributed by atoms with Crippen LogP contribution in [0.25, 0.3) is 0 Å². The van der Waals surface area contributed by atoms with Crippen LogP contribution in [-0.4, -0.2) is 30.5 Å². The number of benzene rings is 1. The van der Waals surface area contributed by atoms with Crippen molar-refractivity contribution >= 4 is 11.6 Å². The second-order valence-corrected chi connectivity index (χ2v) is 7.09. The van der Waals surface area contributed by atoms with Crippen molar-refractivity contribution in [3.05, 3.63) is 42.2 Å². The van der Waals surface area contributed by atoms with E-state index in [1.165, 1.54) is 19.3 Å². The monoisotopic (exact) mass is 359 g/mol. The predicted molar refractivity (Wildman–Crippen MR) is 100 cm³/mol. The van der Waals surface area contributed by atoms with Crippen LogP contribution in [0.5, 0.6) is 0 Å². The van der Waals surface area contributed by atoms with Crippen LogP contribution in [0, 0.1) is 17.8 Å². The lowest BCUT2D eigenvalue weighted by Crippen LogP contribution is -2.42. The molecule has 1 aromatic carbocycles. The van der Waals surface area contributed by atoms with E-state index in [0.717, 1.165) is 18.5 Å². The van der Waals surface area contributed by atoms with Crippen molar-refractivity contribution in [3.63, 3.8) is 0 Å². The molecule has 0 unspecified atom stereocenters. The molecule has 2 N–H and O–H groups in total. The summed E-state index contributed by atoms with van der Waals surface area (Å²) in [4.78, 5) is 12.7. The van der Waals surface area contributed by atoms with Gasteiger partial charge in [0.15, 0.2) is 5.76 Å². The number of nitrogens with one attached hydrogen (secondary N) is 1. The largest absolute Gasteiger partial charge is 0.459 e. The summed E-state index contributed by atoms with van der Waals surface area (Å²) in [5, 5.41) is 12.2. The van der Waals surface area contributed by atoms with Crippen molar-refractivity contribution in [2.45, 2.75) is 45.3 Å². The van der Waals surface area contributed by atoms with E-state index < -0.39 is 6.29 Å². The quantitative estimate of drug-likeness (QED) is 0.742. The molecule has 0 radical (unpaired) electrons. The highest BCUT2D eigenvalue weighted by Crippen LogP contribution is 2.44. The number of aliphatic hydroxyl groups is 1. The fourth-order valence-electron chi connectivity index (χ4n) is 3.86. The van der Waals surface area contributed by atoms with Crippen molar-refractivity contribution in [2.24, 2.45) is 17.8 Å². The minimum absolute atomic E-state index is 0.164. The standard InChI is InChI=1S/C21H29NO4/c1-2-25-21-17(12-7-13-23)18(15-8-6-9-15)14-19(26-21)20(24)22-16-10-4-3-5-11-16/h3-5,10-11,14-15,17-18,21,23H,2,6-9,12-13H2,1H3,(H,22,24)/t17-,18+,21+/m1/s1. The Morgan fingerprint density at radius 3 is 2.69 bits per heavy atom. The maximum absolute atomic E-state index is 12.7. The Balaban J connectivity index is 1.79. The number of aliphatic hydroxyl groups excluding tert-OH is 1. The van der Waals surface area contributed by atoms with Crippen molar-refractivity contribution in [1.82, 2.24) is 0 Å². The Labute approximate surface area is 155 Å². The van der Waals surface area contributed by atoms with Gasteiger partial charge in [-0.1, -0.05) is 24.6 Å². The van der Waals surface area contributed by atoms with Crippen LogP contribution in [0.1, 0.15) is 39.0 Å². The Morgan fingerprint density at radius 2 is 2.08 bits per heavy atom. The molecule has 1 saturated carbocycles. The molecule has 1 aliphatic heterocycles. The van der Waals surface area contributed by atoms with Crippen molar-refractivity contribution < 1.29 is 19.4 Å². The van der Waals surface area contributed by atoms with E-state index in [-0.39, 0.29) is 24.3 Å². The van der Waals surface area contributed by atoms with Gasteiger partial charge in [-0.15, -0.1) is 0 Å². The van der Waals surface area contributed by atoms with Gasteiger partial charge in [0.25, 0.3) is 5.91 Å². The average Bonchev–Trinajstić information content (AvgIpc) is 2.60. The second-order valence-electron chi connectivity index (χ2n) is 7.09. The normalized spacial score (nSPS) is 25.8. The van der Waals surface area contributed by atoms with Crippen LogP contribution in [0.3, 0.4) is 0 Å². The Morgan fingerprint density at radius 1 is 1.31 bits per heavy atom. The van der Waals surface area contributed by atoms with Gasteiger partial charge in [0, 0.05) is 24.8 Å². The van der Waals surface area contributed by atoms with E-state index in [0.29, 0.717) is 18.3 Å². The number of hydrogen-bond donors (Lipinski definition) is 2. The molecule has 0 bridgehead atoms. The highest BCUT2D eigenvalue weighted by molar-refractivity contribution is 6.02. The molecule has 1 amide bonds. The fourth-order valence-corrected chi connectivity index (χ4v) is 3.86. The summed E-state index contributed by atoms with van der Waals surface area (Å²) in [6, 6.07) is 9.40. The zero-order valence-electron chi connectivity index (χ0n) is 15.4. The van der Waals surface area contributed by atoms with Crippen LogP contribution in [0.15, 0.2) is 42.2 Å². The zero-order chi connectivity index (χ0) is 18.4. The van der Waals surface area contributed by atoms with Crippen LogP contribution in [-0.2, 0) is 14.3 Å². The molecule has 3 atom stereocenters. The molecular weight excluding hydrogens is 330 g/mol. The molecule has 0 spiro atoms. The van der Waals surface area contributed by atoms with Gasteiger partial charge in [-0.2, -0.15) is 0 Å². The third-order valence-electron chi connectivity index (χ3n) is 5.41. The van der Waals surface area contributed by atoms with Gasteiger partial charge in [0.2, 0.25) is 6.29 Å². The lowest BCUT2D eigenvalue weighted by atomic mass is 9.68. The third kappa shape index (κ3) is 4.46. The van der Waals surface area contributed by atoms with Gasteiger partial charge in [0.05, 0.1) is 0 Å². The van der Waals surface area contributed by atoms with E-state index in [1.807, 2.05) is 43.3 Å². The number of hydrogen-bond acceptors (Lipinski definition) is 4. The van der Waals surface area contributed by atoms with Crippen LogP contribution in [0.4, 0.5) is 5.69 Å². The van der Waals surface area contributed by atoms with Gasteiger partial charge in [0.1, 0.15) is 0 Å². The minimum atomic E-state index is -0.432. The number of amides is 1. The first-order valence-corrected chi connectivity index (χ1v) is 9.70. The SMILES string of the molecule is CCO[C@H]1OC(C(=O)Nc2ccccc2)=C[C@@H](C2CCC2)[C@H]1CCCO. The highest BCUT2D eigenvalue weighted by Gasteiger charge is 2.42. The molecule has 1 fully saturated rings. The third-order valence-corrected chi connectivity index (χ3v) is 5.41. The lowest BCUT2D eigenvalue weighted by Gasteiger charge is -2.43. The summed E-state index contributed by atoms with van der Waals surface area (Å²) >= 11 is 0. The zero-order valence-corrected chi connectivity index (χ0v) is 15.4. The van der Waals surface area contributed by atoms with Crippen molar-refractivity contribution in [1.29, 1.82) is 0 Å². The molecule has 1 aromatic rings. The van der Waals surface area contributed by atoms with E-state index in [1.54, 1.807) is 0 Å². The second kappa shape index (κ2) is 9.19. The number of para-hydroxylation sites is 1. The van der Waals surface area contributed by atoms with E-state index >= 15 is 0 Å². The predicted octanol–water partition coefficient (Wildman–Crippen LogP) is 3.71. The molecule has 0 saturated heterocycles. The average molecular weight is 359 g/mol. The summed E-state index contributed by atoms with van der Waals surface area (Å²) < 4.78 is 11.8. The van der Waals surface area contributed by atoms with Gasteiger partial charge in [-0.25, -0.2) is 0 Å². The molecule has 3 rings (SSSR count). The molecule has 26 heavy (non-hydrogen) atoms. The first-order chi connectivity index (χ1) is 12.7. The number of rotatable bonds is 8. The summed E-state index contributed by atoms with van der Waals surface area (Å²) in [6.45, 7) is 2.63. The minimum Gasteiger partial charge on any atom is -0.459 e. The Kier molecular flexibility index (Phi) is 6.69. The number of anilines is 1. The van der Waals surface area contributed by atoms with Crippen LogP contribution >= 0.6 is 0 Å². The maximum Gasteiger partial charge on any atom is 0.290 e. The maximum atomic E-state index is 12.7. The van der Waals surface area contributed by atoms with Crippen molar-refractivity contribution in [3.8, 4) is 0 Å². The van der Waals surface area contributed by atoms with Crippen molar-refractivity contribution in [2.75, 3.05) is 18.5 Å². The van der Waals surface area contributed by atoms with Crippen LogP contribution in [0.2, 0.25) is 0 Å². The molecule has 2 aliphatic rings. The van der Waals surface area contributed by atoms with Gasteiger partial charge in [-0.3, -0.25) is 4.79 Å². The lowest BCUT2D eigenvalue weighted by molar-refractivity contribution is -0.177. The molecule has 1 heterocycles. The fraction of sp³-hybridized carbons (Fsp3) is 0.571. The van der Waals surface area contributed by atoms with Crippen LogP contribution < -0.4 is 5.32 Å². The van der Waals surface area contributed by atoms with E-state index in [2.05, 4.69) is 5.32 Å². The van der Waals surface area contributed by atoms with E-state index in [9.17, 15) is 9.90 Å². The topological polar surface area (TPSA) is 67.8 Å². The first kappa shape index (κ1) is 18.9. The summed E-state index contributed by atoms with van der Waals surface area (Å²) in [7, 11) is 0. The molecule has 0 aromatic heterocycles. The summed E-state index contributed by atoms with van der Waals surface area (Å²) in [5.41, 5.74) is 0.748. The molecule has 5 heteroatoms. The number of ether oxygens (including phenoxy) is 2. The molecular formula is C21H29NO4. The van der Waals surface area contributed by atoms with Gasteiger partial charge in [-0.05, 0) is 62.7 Å². The number of carbonyl (C=O) groups excluding carboxylic acids is 1. The number of allylic oxidation sites excluding steroid dienone is 1. The highest BCUT2D eigenvalue weighted by atomic mass is 16.7. The summed E-state index contributed by atoms with van der Waals surface area (Å²) in [6.07, 6.45) is 6.74. The number of carbonyl (C=O) groups is 1. The Bertz CT molecular complexity index is 612. The summed E-state index contributed by atoms with van der Waals surface area (Å²) in [5.74, 6) is 1.14. The molecule has 142 valence electrons. The first-order valence-electron chi connectivity index (χ1n) is 9.70. The molecule has 5 nitrogen and oxygen atoms in total. The Hall–Kier alpha value is -1.85. The smallest absolute Gasteiger partial charge is 0.290 e.